The minimum absolute atomic E-state index is 0.316. The summed E-state index contributed by atoms with van der Waals surface area (Å²) in [7, 11) is 0. The fourth-order valence-corrected chi connectivity index (χ4v) is 2.20. The molecule has 3 nitrogen and oxygen atoms in total. The van der Waals surface area contributed by atoms with E-state index in [4.69, 9.17) is 5.73 Å². The lowest BCUT2D eigenvalue weighted by molar-refractivity contribution is -0.122. The number of nitrogens with two attached hydrogens (primary N) is 1. The standard InChI is InChI=1S/C14H21FN2O/c1-4-6-14(5-2,13(16)18)17-12-8-10(3)7-11(15)9-12/h7-9,17H,4-6H2,1-3H3,(H2,16,18). The summed E-state index contributed by atoms with van der Waals surface area (Å²) in [6.45, 7) is 5.71. The van der Waals surface area contributed by atoms with Crippen LogP contribution in [0.5, 0.6) is 0 Å². The van der Waals surface area contributed by atoms with E-state index < -0.39 is 11.4 Å². The SMILES string of the molecule is CCCC(CC)(Nc1cc(C)cc(F)c1)C(N)=O. The molecule has 0 spiro atoms. The lowest BCUT2D eigenvalue weighted by atomic mass is 9.89. The first-order valence-corrected chi connectivity index (χ1v) is 6.29. The summed E-state index contributed by atoms with van der Waals surface area (Å²) in [5.41, 5.74) is 6.11. The van der Waals surface area contributed by atoms with E-state index in [0.717, 1.165) is 12.0 Å². The molecule has 0 heterocycles. The minimum atomic E-state index is -0.797. The van der Waals surface area contributed by atoms with Gasteiger partial charge in [-0.25, -0.2) is 4.39 Å². The number of hydrogen-bond donors (Lipinski definition) is 2. The fraction of sp³-hybridized carbons (Fsp3) is 0.500. The maximum Gasteiger partial charge on any atom is 0.243 e. The van der Waals surface area contributed by atoms with Gasteiger partial charge in [0.1, 0.15) is 11.4 Å². The molecule has 3 N–H and O–H groups in total. The summed E-state index contributed by atoms with van der Waals surface area (Å²) in [4.78, 5) is 11.7. The molecule has 1 atom stereocenters. The third-order valence-electron chi connectivity index (χ3n) is 3.18. The maximum absolute atomic E-state index is 13.3. The summed E-state index contributed by atoms with van der Waals surface area (Å²) in [5, 5.41) is 3.11. The second-order valence-corrected chi connectivity index (χ2v) is 4.69. The molecule has 1 rings (SSSR count). The fourth-order valence-electron chi connectivity index (χ4n) is 2.20. The van der Waals surface area contributed by atoms with Gasteiger partial charge in [-0.05, 0) is 43.5 Å². The molecule has 0 aliphatic carbocycles. The van der Waals surface area contributed by atoms with Crippen LogP contribution in [0.2, 0.25) is 0 Å². The van der Waals surface area contributed by atoms with Crippen molar-refractivity contribution < 1.29 is 9.18 Å². The summed E-state index contributed by atoms with van der Waals surface area (Å²) in [6.07, 6.45) is 2.04. The average molecular weight is 252 g/mol. The van der Waals surface area contributed by atoms with Gasteiger partial charge in [-0.15, -0.1) is 0 Å². The molecule has 0 bridgehead atoms. The Labute approximate surface area is 108 Å². The van der Waals surface area contributed by atoms with Crippen LogP contribution >= 0.6 is 0 Å². The molecule has 4 heteroatoms. The average Bonchev–Trinajstić information content (AvgIpc) is 2.26. The Morgan fingerprint density at radius 1 is 1.39 bits per heavy atom. The summed E-state index contributed by atoms with van der Waals surface area (Å²) in [5.74, 6) is -0.711. The monoisotopic (exact) mass is 252 g/mol. The number of aryl methyl sites for hydroxylation is 1. The van der Waals surface area contributed by atoms with Crippen molar-refractivity contribution in [1.29, 1.82) is 0 Å². The molecule has 1 aromatic carbocycles. The molecular formula is C14H21FN2O. The number of halogens is 1. The molecule has 0 aliphatic rings. The van der Waals surface area contributed by atoms with E-state index >= 15 is 0 Å². The first-order valence-electron chi connectivity index (χ1n) is 6.29. The van der Waals surface area contributed by atoms with Gasteiger partial charge >= 0.3 is 0 Å². The number of amides is 1. The maximum atomic E-state index is 13.3. The highest BCUT2D eigenvalue weighted by atomic mass is 19.1. The second kappa shape index (κ2) is 5.85. The number of primary amides is 1. The lowest BCUT2D eigenvalue weighted by Crippen LogP contribution is -2.50. The smallest absolute Gasteiger partial charge is 0.243 e. The highest BCUT2D eigenvalue weighted by Crippen LogP contribution is 2.25. The Bertz CT molecular complexity index is 414. The van der Waals surface area contributed by atoms with Gasteiger partial charge < -0.3 is 11.1 Å². The van der Waals surface area contributed by atoms with E-state index in [-0.39, 0.29) is 5.82 Å². The van der Waals surface area contributed by atoms with Crippen LogP contribution in [0.4, 0.5) is 10.1 Å². The number of hydrogen-bond acceptors (Lipinski definition) is 2. The zero-order chi connectivity index (χ0) is 13.8. The highest BCUT2D eigenvalue weighted by Gasteiger charge is 2.33. The molecule has 18 heavy (non-hydrogen) atoms. The van der Waals surface area contributed by atoms with E-state index in [1.165, 1.54) is 12.1 Å². The van der Waals surface area contributed by atoms with Crippen molar-refractivity contribution in [3.05, 3.63) is 29.6 Å². The predicted molar refractivity (Wildman–Crippen MR) is 71.9 cm³/mol. The number of carbonyl (C=O) groups is 1. The van der Waals surface area contributed by atoms with E-state index in [1.54, 1.807) is 0 Å². The van der Waals surface area contributed by atoms with Crippen LogP contribution < -0.4 is 11.1 Å². The predicted octanol–water partition coefficient (Wildman–Crippen LogP) is 2.98. The van der Waals surface area contributed by atoms with Gasteiger partial charge in [0.15, 0.2) is 0 Å². The zero-order valence-electron chi connectivity index (χ0n) is 11.2. The summed E-state index contributed by atoms with van der Waals surface area (Å²) >= 11 is 0. The second-order valence-electron chi connectivity index (χ2n) is 4.69. The number of anilines is 1. The third kappa shape index (κ3) is 3.22. The summed E-state index contributed by atoms with van der Waals surface area (Å²) < 4.78 is 13.3. The Balaban J connectivity index is 3.05. The van der Waals surface area contributed by atoms with Crippen LogP contribution in [-0.4, -0.2) is 11.4 Å². The Hall–Kier alpha value is -1.58. The van der Waals surface area contributed by atoms with Crippen LogP contribution in [0.1, 0.15) is 38.7 Å². The van der Waals surface area contributed by atoms with Crippen molar-refractivity contribution >= 4 is 11.6 Å². The molecule has 1 aromatic rings. The Morgan fingerprint density at radius 2 is 2.06 bits per heavy atom. The quantitative estimate of drug-likeness (QED) is 0.817. The van der Waals surface area contributed by atoms with Gasteiger partial charge in [0.25, 0.3) is 0 Å². The number of carbonyl (C=O) groups excluding carboxylic acids is 1. The molecule has 0 aliphatic heterocycles. The number of nitrogens with one attached hydrogen (secondary N) is 1. The number of rotatable bonds is 6. The van der Waals surface area contributed by atoms with E-state index in [1.807, 2.05) is 26.8 Å². The van der Waals surface area contributed by atoms with Crippen LogP contribution in [0, 0.1) is 12.7 Å². The number of benzene rings is 1. The topological polar surface area (TPSA) is 55.1 Å². The molecule has 0 radical (unpaired) electrons. The van der Waals surface area contributed by atoms with Crippen LogP contribution in [0.25, 0.3) is 0 Å². The first kappa shape index (κ1) is 14.5. The Morgan fingerprint density at radius 3 is 2.50 bits per heavy atom. The van der Waals surface area contributed by atoms with Gasteiger partial charge in [-0.2, -0.15) is 0 Å². The van der Waals surface area contributed by atoms with Crippen molar-refractivity contribution in [1.82, 2.24) is 0 Å². The summed E-state index contributed by atoms with van der Waals surface area (Å²) in [6, 6.07) is 4.64. The van der Waals surface area contributed by atoms with E-state index in [9.17, 15) is 9.18 Å². The van der Waals surface area contributed by atoms with Crippen molar-refractivity contribution in [2.75, 3.05) is 5.32 Å². The van der Waals surface area contributed by atoms with E-state index in [0.29, 0.717) is 18.5 Å². The minimum Gasteiger partial charge on any atom is -0.371 e. The largest absolute Gasteiger partial charge is 0.371 e. The van der Waals surface area contributed by atoms with Gasteiger partial charge in [-0.1, -0.05) is 20.3 Å². The molecule has 100 valence electrons. The normalized spacial score (nSPS) is 14.0. The zero-order valence-corrected chi connectivity index (χ0v) is 11.2. The molecular weight excluding hydrogens is 231 g/mol. The van der Waals surface area contributed by atoms with Crippen molar-refractivity contribution in [2.24, 2.45) is 5.73 Å². The van der Waals surface area contributed by atoms with Crippen LogP contribution in [0.3, 0.4) is 0 Å². The van der Waals surface area contributed by atoms with E-state index in [2.05, 4.69) is 5.32 Å². The van der Waals surface area contributed by atoms with Crippen molar-refractivity contribution in [3.63, 3.8) is 0 Å². The molecule has 0 fully saturated rings. The Kier molecular flexibility index (Phi) is 4.70. The molecule has 0 saturated carbocycles. The molecule has 0 saturated heterocycles. The molecule has 0 aromatic heterocycles. The van der Waals surface area contributed by atoms with Crippen LogP contribution in [0.15, 0.2) is 18.2 Å². The molecule has 1 unspecified atom stereocenters. The van der Waals surface area contributed by atoms with Crippen LogP contribution in [-0.2, 0) is 4.79 Å². The van der Waals surface area contributed by atoms with Gasteiger partial charge in [0, 0.05) is 5.69 Å². The van der Waals surface area contributed by atoms with Gasteiger partial charge in [0.2, 0.25) is 5.91 Å². The highest BCUT2D eigenvalue weighted by molar-refractivity contribution is 5.87. The first-order chi connectivity index (χ1) is 8.43. The van der Waals surface area contributed by atoms with Crippen molar-refractivity contribution in [2.45, 2.75) is 45.6 Å². The molecule has 1 amide bonds. The van der Waals surface area contributed by atoms with Crippen molar-refractivity contribution in [3.8, 4) is 0 Å². The van der Waals surface area contributed by atoms with Gasteiger partial charge in [-0.3, -0.25) is 4.79 Å². The van der Waals surface area contributed by atoms with Gasteiger partial charge in [0.05, 0.1) is 0 Å². The third-order valence-corrected chi connectivity index (χ3v) is 3.18. The lowest BCUT2D eigenvalue weighted by Gasteiger charge is -2.31.